The van der Waals surface area contributed by atoms with Crippen LogP contribution in [-0.2, 0) is 0 Å². The fourth-order valence-electron chi connectivity index (χ4n) is 2.42. The smallest absolute Gasteiger partial charge is 0.124 e. The molecule has 0 fully saturated rings. The molecule has 1 unspecified atom stereocenters. The number of hydrogen-bond acceptors (Lipinski definition) is 2. The van der Waals surface area contributed by atoms with Gasteiger partial charge in [-0.05, 0) is 48.7 Å². The van der Waals surface area contributed by atoms with Crippen molar-refractivity contribution in [2.75, 3.05) is 7.11 Å². The zero-order valence-corrected chi connectivity index (χ0v) is 14.0. The van der Waals surface area contributed by atoms with Gasteiger partial charge in [0.2, 0.25) is 0 Å². The SMILES string of the molecule is COc1cc(C)cc(C)c1C(N)c1ccc(Br)cc1Cl. The molecule has 0 spiro atoms. The Hall–Kier alpha value is -1.03. The van der Waals surface area contributed by atoms with Crippen LogP contribution in [0.5, 0.6) is 5.75 Å². The maximum atomic E-state index is 6.41. The van der Waals surface area contributed by atoms with Crippen molar-refractivity contribution in [3.05, 3.63) is 62.1 Å². The molecule has 1 atom stereocenters. The zero-order valence-electron chi connectivity index (χ0n) is 11.7. The number of benzene rings is 2. The first kappa shape index (κ1) is 15.4. The van der Waals surface area contributed by atoms with E-state index in [1.807, 2.05) is 38.1 Å². The van der Waals surface area contributed by atoms with Gasteiger partial charge in [0.25, 0.3) is 0 Å². The average Bonchev–Trinajstić information content (AvgIpc) is 2.37. The van der Waals surface area contributed by atoms with E-state index in [0.717, 1.165) is 32.5 Å². The summed E-state index contributed by atoms with van der Waals surface area (Å²) in [4.78, 5) is 0. The highest BCUT2D eigenvalue weighted by Crippen LogP contribution is 2.35. The lowest BCUT2D eigenvalue weighted by atomic mass is 9.93. The van der Waals surface area contributed by atoms with Crippen molar-refractivity contribution in [2.24, 2.45) is 5.73 Å². The first-order chi connectivity index (χ1) is 9.43. The number of rotatable bonds is 3. The van der Waals surface area contributed by atoms with Crippen LogP contribution in [0, 0.1) is 13.8 Å². The normalized spacial score (nSPS) is 12.3. The minimum Gasteiger partial charge on any atom is -0.496 e. The van der Waals surface area contributed by atoms with Crippen LogP contribution in [-0.4, -0.2) is 7.11 Å². The second kappa shape index (κ2) is 6.17. The summed E-state index contributed by atoms with van der Waals surface area (Å²) in [5, 5.41) is 0.647. The van der Waals surface area contributed by atoms with Gasteiger partial charge in [-0.25, -0.2) is 0 Å². The van der Waals surface area contributed by atoms with E-state index in [0.29, 0.717) is 5.02 Å². The van der Waals surface area contributed by atoms with Crippen LogP contribution < -0.4 is 10.5 Å². The minimum atomic E-state index is -0.314. The third kappa shape index (κ3) is 3.00. The van der Waals surface area contributed by atoms with Crippen LogP contribution in [0.3, 0.4) is 0 Å². The van der Waals surface area contributed by atoms with E-state index in [1.54, 1.807) is 7.11 Å². The predicted molar refractivity (Wildman–Crippen MR) is 87.7 cm³/mol. The molecule has 0 saturated carbocycles. The standard InChI is InChI=1S/C16H17BrClNO/c1-9-6-10(2)15(14(7-9)20-3)16(19)12-5-4-11(17)8-13(12)18/h4-8,16H,19H2,1-3H3. The summed E-state index contributed by atoms with van der Waals surface area (Å²) in [6, 6.07) is 9.52. The van der Waals surface area contributed by atoms with E-state index in [2.05, 4.69) is 22.0 Å². The summed E-state index contributed by atoms with van der Waals surface area (Å²) in [5.41, 5.74) is 10.5. The van der Waals surface area contributed by atoms with Gasteiger partial charge < -0.3 is 10.5 Å². The zero-order chi connectivity index (χ0) is 14.9. The van der Waals surface area contributed by atoms with E-state index >= 15 is 0 Å². The molecule has 0 radical (unpaired) electrons. The molecule has 2 rings (SSSR count). The Morgan fingerprint density at radius 1 is 1.20 bits per heavy atom. The van der Waals surface area contributed by atoms with Gasteiger partial charge in [0.05, 0.1) is 13.2 Å². The molecule has 0 saturated heterocycles. The molecule has 2 N–H and O–H groups in total. The Labute approximate surface area is 133 Å². The summed E-state index contributed by atoms with van der Waals surface area (Å²) in [5.74, 6) is 0.800. The summed E-state index contributed by atoms with van der Waals surface area (Å²) in [6.07, 6.45) is 0. The molecule has 0 heterocycles. The number of hydrogen-bond donors (Lipinski definition) is 1. The Kier molecular flexibility index (Phi) is 4.74. The van der Waals surface area contributed by atoms with Gasteiger partial charge in [-0.3, -0.25) is 0 Å². The van der Waals surface area contributed by atoms with Crippen LogP contribution in [0.25, 0.3) is 0 Å². The molecule has 2 nitrogen and oxygen atoms in total. The molecule has 2 aromatic rings. The highest BCUT2D eigenvalue weighted by atomic mass is 79.9. The van der Waals surface area contributed by atoms with Crippen LogP contribution in [0.4, 0.5) is 0 Å². The van der Waals surface area contributed by atoms with Crippen molar-refractivity contribution < 1.29 is 4.74 Å². The molecule has 0 aliphatic carbocycles. The van der Waals surface area contributed by atoms with Crippen molar-refractivity contribution >= 4 is 27.5 Å². The monoisotopic (exact) mass is 353 g/mol. The first-order valence-electron chi connectivity index (χ1n) is 6.29. The lowest BCUT2D eigenvalue weighted by Gasteiger charge is -2.20. The lowest BCUT2D eigenvalue weighted by Crippen LogP contribution is -2.15. The predicted octanol–water partition coefficient (Wildman–Crippen LogP) is 4.78. The molecule has 20 heavy (non-hydrogen) atoms. The molecular formula is C16H17BrClNO. The van der Waals surface area contributed by atoms with Crippen molar-refractivity contribution in [3.63, 3.8) is 0 Å². The lowest BCUT2D eigenvalue weighted by molar-refractivity contribution is 0.407. The second-order valence-electron chi connectivity index (χ2n) is 4.84. The molecular weight excluding hydrogens is 338 g/mol. The van der Waals surface area contributed by atoms with Crippen LogP contribution >= 0.6 is 27.5 Å². The van der Waals surface area contributed by atoms with Gasteiger partial charge in [0.15, 0.2) is 0 Å². The van der Waals surface area contributed by atoms with Gasteiger partial charge in [0.1, 0.15) is 5.75 Å². The van der Waals surface area contributed by atoms with E-state index in [9.17, 15) is 0 Å². The topological polar surface area (TPSA) is 35.2 Å². The number of aryl methyl sites for hydroxylation is 2. The van der Waals surface area contributed by atoms with Gasteiger partial charge >= 0.3 is 0 Å². The van der Waals surface area contributed by atoms with E-state index < -0.39 is 0 Å². The maximum Gasteiger partial charge on any atom is 0.124 e. The minimum absolute atomic E-state index is 0.314. The van der Waals surface area contributed by atoms with E-state index in [-0.39, 0.29) is 6.04 Å². The molecule has 0 amide bonds. The number of methoxy groups -OCH3 is 1. The molecule has 0 aliphatic rings. The van der Waals surface area contributed by atoms with E-state index in [1.165, 1.54) is 0 Å². The Bertz CT molecular complexity index is 643. The molecule has 4 heteroatoms. The fraction of sp³-hybridized carbons (Fsp3) is 0.250. The number of nitrogens with two attached hydrogens (primary N) is 1. The third-order valence-electron chi connectivity index (χ3n) is 3.32. The summed E-state index contributed by atoms with van der Waals surface area (Å²) < 4.78 is 6.42. The highest BCUT2D eigenvalue weighted by molar-refractivity contribution is 9.10. The average molecular weight is 355 g/mol. The van der Waals surface area contributed by atoms with E-state index in [4.69, 9.17) is 22.1 Å². The maximum absolute atomic E-state index is 6.41. The van der Waals surface area contributed by atoms with Crippen molar-refractivity contribution in [2.45, 2.75) is 19.9 Å². The molecule has 0 aromatic heterocycles. The molecule has 2 aromatic carbocycles. The Morgan fingerprint density at radius 3 is 2.50 bits per heavy atom. The summed E-state index contributed by atoms with van der Waals surface area (Å²) >= 11 is 9.71. The second-order valence-corrected chi connectivity index (χ2v) is 6.16. The van der Waals surface area contributed by atoms with Crippen molar-refractivity contribution in [1.82, 2.24) is 0 Å². The fourth-order valence-corrected chi connectivity index (χ4v) is 3.21. The van der Waals surface area contributed by atoms with Gasteiger partial charge in [-0.2, -0.15) is 0 Å². The Balaban J connectivity index is 2.55. The van der Waals surface area contributed by atoms with Crippen LogP contribution in [0.15, 0.2) is 34.8 Å². The molecule has 0 bridgehead atoms. The van der Waals surface area contributed by atoms with Crippen LogP contribution in [0.2, 0.25) is 5.02 Å². The molecule has 106 valence electrons. The number of halogens is 2. The van der Waals surface area contributed by atoms with Crippen LogP contribution in [0.1, 0.15) is 28.3 Å². The van der Waals surface area contributed by atoms with Gasteiger partial charge in [-0.1, -0.05) is 39.7 Å². The first-order valence-corrected chi connectivity index (χ1v) is 7.46. The Morgan fingerprint density at radius 2 is 1.90 bits per heavy atom. The highest BCUT2D eigenvalue weighted by Gasteiger charge is 2.19. The summed E-state index contributed by atoms with van der Waals surface area (Å²) in [7, 11) is 1.66. The quantitative estimate of drug-likeness (QED) is 0.861. The third-order valence-corrected chi connectivity index (χ3v) is 4.14. The van der Waals surface area contributed by atoms with Crippen molar-refractivity contribution in [3.8, 4) is 5.75 Å². The van der Waals surface area contributed by atoms with Crippen molar-refractivity contribution in [1.29, 1.82) is 0 Å². The van der Waals surface area contributed by atoms with Gasteiger partial charge in [0, 0.05) is 15.1 Å². The van der Waals surface area contributed by atoms with Gasteiger partial charge in [-0.15, -0.1) is 0 Å². The summed E-state index contributed by atoms with van der Waals surface area (Å²) in [6.45, 7) is 4.08. The molecule has 0 aliphatic heterocycles. The largest absolute Gasteiger partial charge is 0.496 e. The number of ether oxygens (including phenoxy) is 1.